The van der Waals surface area contributed by atoms with Gasteiger partial charge in [0.1, 0.15) is 26.9 Å². The van der Waals surface area contributed by atoms with E-state index in [0.29, 0.717) is 12.8 Å². The third-order valence-electron chi connectivity index (χ3n) is 5.30. The van der Waals surface area contributed by atoms with Crippen LogP contribution in [0.25, 0.3) is 0 Å². The SMILES string of the molecule is CCCOC(=O)C12N3COCN1C(=O)N1COCN(C3=O)C12C(=O)OCCC. The first kappa shape index (κ1) is 18.7. The van der Waals surface area contributed by atoms with Crippen LogP contribution in [0.2, 0.25) is 0 Å². The van der Waals surface area contributed by atoms with Crippen LogP contribution < -0.4 is 0 Å². The molecule has 154 valence electrons. The van der Waals surface area contributed by atoms with E-state index in [2.05, 4.69) is 0 Å². The molecule has 0 atom stereocenters. The molecule has 28 heavy (non-hydrogen) atoms. The Morgan fingerprint density at radius 3 is 1.39 bits per heavy atom. The summed E-state index contributed by atoms with van der Waals surface area (Å²) in [7, 11) is 0. The number of hydrogen-bond acceptors (Lipinski definition) is 8. The van der Waals surface area contributed by atoms with E-state index < -0.39 is 35.3 Å². The molecule has 0 N–H and O–H groups in total. The summed E-state index contributed by atoms with van der Waals surface area (Å²) in [6.45, 7) is 2.65. The molecule has 4 aliphatic rings. The zero-order valence-corrected chi connectivity index (χ0v) is 15.7. The number of rotatable bonds is 6. The van der Waals surface area contributed by atoms with Crippen LogP contribution in [-0.2, 0) is 28.5 Å². The summed E-state index contributed by atoms with van der Waals surface area (Å²) >= 11 is 0. The number of nitrogens with zero attached hydrogens (tertiary/aromatic N) is 4. The molecule has 4 heterocycles. The average Bonchev–Trinajstić information content (AvgIpc) is 3.10. The van der Waals surface area contributed by atoms with Gasteiger partial charge in [0.25, 0.3) is 11.3 Å². The van der Waals surface area contributed by atoms with Gasteiger partial charge in [-0.15, -0.1) is 0 Å². The normalized spacial score (nSPS) is 30.6. The summed E-state index contributed by atoms with van der Waals surface area (Å²) in [5.41, 5.74) is -4.08. The van der Waals surface area contributed by atoms with Gasteiger partial charge in [0.05, 0.1) is 13.2 Å². The summed E-state index contributed by atoms with van der Waals surface area (Å²) in [5.74, 6) is -1.75. The summed E-state index contributed by atoms with van der Waals surface area (Å²) < 4.78 is 21.5. The molecule has 12 nitrogen and oxygen atoms in total. The molecule has 0 aliphatic carbocycles. The molecule has 0 bridgehead atoms. The van der Waals surface area contributed by atoms with Crippen LogP contribution in [0, 0.1) is 0 Å². The maximum atomic E-state index is 13.4. The molecule has 0 unspecified atom stereocenters. The maximum absolute atomic E-state index is 13.4. The van der Waals surface area contributed by atoms with Gasteiger partial charge in [-0.1, -0.05) is 13.8 Å². The van der Waals surface area contributed by atoms with E-state index >= 15 is 0 Å². The highest BCUT2D eigenvalue weighted by atomic mass is 16.6. The van der Waals surface area contributed by atoms with Gasteiger partial charge in [0, 0.05) is 0 Å². The molecule has 0 aromatic rings. The van der Waals surface area contributed by atoms with Crippen LogP contribution in [-0.4, -0.2) is 95.1 Å². The molecule has 0 spiro atoms. The highest BCUT2D eigenvalue weighted by Gasteiger charge is 2.88. The third kappa shape index (κ3) is 1.91. The Balaban J connectivity index is 1.94. The number of hydrogen-bond donors (Lipinski definition) is 0. The van der Waals surface area contributed by atoms with Crippen LogP contribution in [0.4, 0.5) is 9.59 Å². The predicted octanol–water partition coefficient (Wildman–Crippen LogP) is -0.349. The van der Waals surface area contributed by atoms with Gasteiger partial charge < -0.3 is 18.9 Å². The van der Waals surface area contributed by atoms with Gasteiger partial charge in [-0.3, -0.25) is 19.6 Å². The minimum Gasteiger partial charge on any atom is -0.462 e. The first-order chi connectivity index (χ1) is 13.5. The van der Waals surface area contributed by atoms with Crippen molar-refractivity contribution in [3.63, 3.8) is 0 Å². The highest BCUT2D eigenvalue weighted by Crippen LogP contribution is 2.55. The second-order valence-corrected chi connectivity index (χ2v) is 6.82. The third-order valence-corrected chi connectivity index (χ3v) is 5.30. The average molecular weight is 398 g/mol. The Morgan fingerprint density at radius 2 is 1.11 bits per heavy atom. The molecule has 4 saturated heterocycles. The number of carbonyl (C=O) groups is 4. The summed E-state index contributed by atoms with van der Waals surface area (Å²) in [6, 6.07) is -1.35. The van der Waals surface area contributed by atoms with Gasteiger partial charge in [-0.05, 0) is 12.8 Å². The van der Waals surface area contributed by atoms with Crippen molar-refractivity contribution >= 4 is 24.0 Å². The van der Waals surface area contributed by atoms with Crippen molar-refractivity contribution in [3.05, 3.63) is 0 Å². The molecule has 4 amide bonds. The van der Waals surface area contributed by atoms with Gasteiger partial charge in [-0.2, -0.15) is 0 Å². The summed E-state index contributed by atoms with van der Waals surface area (Å²) in [4.78, 5) is 57.2. The minimum atomic E-state index is -2.04. The quantitative estimate of drug-likeness (QED) is 0.557. The Morgan fingerprint density at radius 1 is 0.786 bits per heavy atom. The van der Waals surface area contributed by atoms with Crippen molar-refractivity contribution in [2.24, 2.45) is 0 Å². The van der Waals surface area contributed by atoms with E-state index in [1.54, 1.807) is 0 Å². The number of amides is 4. The molecule has 4 rings (SSSR count). The molecular formula is C16H22N4O8. The lowest BCUT2D eigenvalue weighted by Crippen LogP contribution is -2.78. The highest BCUT2D eigenvalue weighted by molar-refractivity contribution is 6.09. The van der Waals surface area contributed by atoms with Crippen molar-refractivity contribution in [2.45, 2.75) is 38.0 Å². The molecule has 12 heteroatoms. The molecule has 0 aromatic heterocycles. The smallest absolute Gasteiger partial charge is 0.359 e. The fourth-order valence-corrected chi connectivity index (χ4v) is 4.25. The lowest BCUT2D eigenvalue weighted by Gasteiger charge is -2.47. The van der Waals surface area contributed by atoms with Crippen molar-refractivity contribution < 1.29 is 38.1 Å². The van der Waals surface area contributed by atoms with Crippen LogP contribution in [0.15, 0.2) is 0 Å². The van der Waals surface area contributed by atoms with Crippen LogP contribution in [0.5, 0.6) is 0 Å². The standard InChI is InChI=1S/C16H22N4O8/c1-3-5-27-11(21)15-16(12(22)28-6-4-2)19-9-26-10-20(16)14(24)18(15)8-25-7-17(15)13(19)23/h3-10H2,1-2H3. The van der Waals surface area contributed by atoms with Crippen LogP contribution >= 0.6 is 0 Å². The van der Waals surface area contributed by atoms with Crippen LogP contribution in [0.3, 0.4) is 0 Å². The molecule has 0 aromatic carbocycles. The fraction of sp³-hybridized carbons (Fsp3) is 0.750. The van der Waals surface area contributed by atoms with E-state index in [1.807, 2.05) is 13.8 Å². The second-order valence-electron chi connectivity index (χ2n) is 6.82. The predicted molar refractivity (Wildman–Crippen MR) is 87.7 cm³/mol. The number of carbonyl (C=O) groups excluding carboxylic acids is 4. The van der Waals surface area contributed by atoms with E-state index in [4.69, 9.17) is 18.9 Å². The topological polar surface area (TPSA) is 118 Å². The van der Waals surface area contributed by atoms with Gasteiger partial charge in [0.15, 0.2) is 0 Å². The zero-order valence-electron chi connectivity index (χ0n) is 15.7. The Hall–Kier alpha value is -2.60. The fourth-order valence-electron chi connectivity index (χ4n) is 4.25. The van der Waals surface area contributed by atoms with Gasteiger partial charge in [0.2, 0.25) is 0 Å². The van der Waals surface area contributed by atoms with Gasteiger partial charge in [-0.25, -0.2) is 19.2 Å². The van der Waals surface area contributed by atoms with Gasteiger partial charge >= 0.3 is 24.0 Å². The lowest BCUT2D eigenvalue weighted by molar-refractivity contribution is -0.227. The van der Waals surface area contributed by atoms with Crippen molar-refractivity contribution in [1.82, 2.24) is 19.6 Å². The number of urea groups is 2. The maximum Gasteiger partial charge on any atom is 0.359 e. The molecule has 0 radical (unpaired) electrons. The summed E-state index contributed by atoms with van der Waals surface area (Å²) in [6.07, 6.45) is 1.06. The summed E-state index contributed by atoms with van der Waals surface area (Å²) in [5, 5.41) is 0. The van der Waals surface area contributed by atoms with E-state index in [1.165, 1.54) is 0 Å². The minimum absolute atomic E-state index is 0.0715. The van der Waals surface area contributed by atoms with E-state index in [0.717, 1.165) is 19.6 Å². The van der Waals surface area contributed by atoms with Crippen LogP contribution in [0.1, 0.15) is 26.7 Å². The van der Waals surface area contributed by atoms with Crippen molar-refractivity contribution in [2.75, 3.05) is 40.1 Å². The molecule has 4 fully saturated rings. The largest absolute Gasteiger partial charge is 0.462 e. The Labute approximate surface area is 160 Å². The van der Waals surface area contributed by atoms with E-state index in [-0.39, 0.29) is 40.1 Å². The molecule has 0 saturated carbocycles. The first-order valence-corrected chi connectivity index (χ1v) is 9.17. The molecular weight excluding hydrogens is 376 g/mol. The molecule has 4 aliphatic heterocycles. The zero-order chi connectivity index (χ0) is 20.1. The second kappa shape index (κ2) is 6.48. The Kier molecular flexibility index (Phi) is 4.34. The number of ether oxygens (including phenoxy) is 4. The van der Waals surface area contributed by atoms with E-state index in [9.17, 15) is 19.2 Å². The first-order valence-electron chi connectivity index (χ1n) is 9.17. The number of esters is 2. The lowest BCUT2D eigenvalue weighted by atomic mass is 9.90. The van der Waals surface area contributed by atoms with Crippen molar-refractivity contribution in [3.8, 4) is 0 Å². The van der Waals surface area contributed by atoms with Crippen molar-refractivity contribution in [1.29, 1.82) is 0 Å². The Bertz CT molecular complexity index is 639. The monoisotopic (exact) mass is 398 g/mol.